The second-order valence-electron chi connectivity index (χ2n) is 7.78. The minimum atomic E-state index is -0.383. The van der Waals surface area contributed by atoms with Gasteiger partial charge < -0.3 is 20.1 Å². The van der Waals surface area contributed by atoms with Crippen LogP contribution in [0.1, 0.15) is 48.0 Å². The molecule has 1 aliphatic rings. The summed E-state index contributed by atoms with van der Waals surface area (Å²) in [5, 5.41) is 5.59. The Labute approximate surface area is 188 Å². The summed E-state index contributed by atoms with van der Waals surface area (Å²) in [6.45, 7) is 1.59. The van der Waals surface area contributed by atoms with Crippen molar-refractivity contribution in [2.75, 3.05) is 25.1 Å². The maximum atomic E-state index is 12.2. The lowest BCUT2D eigenvalue weighted by Gasteiger charge is -2.11. The second kappa shape index (κ2) is 12.6. The molecule has 2 amide bonds. The van der Waals surface area contributed by atoms with Crippen LogP contribution in [0.4, 0.5) is 5.69 Å². The van der Waals surface area contributed by atoms with Crippen LogP contribution in [0.5, 0.6) is 0 Å². The quantitative estimate of drug-likeness (QED) is 0.414. The Hall–Kier alpha value is -3.19. The Morgan fingerprint density at radius 3 is 2.50 bits per heavy atom. The Kier molecular flexibility index (Phi) is 9.25. The van der Waals surface area contributed by atoms with E-state index in [9.17, 15) is 14.4 Å². The van der Waals surface area contributed by atoms with Gasteiger partial charge in [0.25, 0.3) is 5.91 Å². The molecule has 3 rings (SSSR count). The number of carbonyl (C=O) groups is 3. The van der Waals surface area contributed by atoms with Gasteiger partial charge in [-0.2, -0.15) is 0 Å². The topological polar surface area (TPSA) is 93.7 Å². The van der Waals surface area contributed by atoms with Crippen LogP contribution in [0.15, 0.2) is 54.6 Å². The lowest BCUT2D eigenvalue weighted by Crippen LogP contribution is -2.31. The van der Waals surface area contributed by atoms with Crippen molar-refractivity contribution in [3.8, 4) is 0 Å². The van der Waals surface area contributed by atoms with Crippen molar-refractivity contribution in [1.82, 2.24) is 5.32 Å². The number of benzene rings is 2. The number of rotatable bonds is 11. The third-order valence-electron chi connectivity index (χ3n) is 5.22. The van der Waals surface area contributed by atoms with Crippen molar-refractivity contribution in [3.63, 3.8) is 0 Å². The van der Waals surface area contributed by atoms with Crippen molar-refractivity contribution < 1.29 is 23.9 Å². The number of aryl methyl sites for hydroxylation is 1. The van der Waals surface area contributed by atoms with Crippen LogP contribution < -0.4 is 10.6 Å². The standard InChI is InChI=1S/C25H30N2O5/c28-23(14-15-24(29)32-17-4-8-19-6-2-1-3-7-19)27-21-12-10-20(11-13-21)25(30)26-18-22-9-5-16-31-22/h1-3,6-7,10-13,22H,4-5,8-9,14-18H2,(H,26,30)(H,27,28). The molecular weight excluding hydrogens is 408 g/mol. The smallest absolute Gasteiger partial charge is 0.306 e. The number of esters is 1. The van der Waals surface area contributed by atoms with E-state index in [1.165, 1.54) is 5.56 Å². The maximum Gasteiger partial charge on any atom is 0.306 e. The summed E-state index contributed by atoms with van der Waals surface area (Å²) in [5.74, 6) is -0.832. The van der Waals surface area contributed by atoms with Crippen LogP contribution in [0.25, 0.3) is 0 Å². The van der Waals surface area contributed by atoms with Gasteiger partial charge in [-0.05, 0) is 55.5 Å². The first-order valence-corrected chi connectivity index (χ1v) is 11.1. The lowest BCUT2D eigenvalue weighted by molar-refractivity contribution is -0.144. The first kappa shape index (κ1) is 23.5. The van der Waals surface area contributed by atoms with Gasteiger partial charge in [0.05, 0.1) is 19.1 Å². The molecular formula is C25H30N2O5. The average Bonchev–Trinajstić information content (AvgIpc) is 3.34. The van der Waals surface area contributed by atoms with E-state index < -0.39 is 0 Å². The first-order valence-electron chi connectivity index (χ1n) is 11.1. The molecule has 1 atom stereocenters. The van der Waals surface area contributed by atoms with Crippen LogP contribution in [-0.4, -0.2) is 43.6 Å². The van der Waals surface area contributed by atoms with Crippen LogP contribution >= 0.6 is 0 Å². The van der Waals surface area contributed by atoms with Crippen molar-refractivity contribution in [1.29, 1.82) is 0 Å². The molecule has 0 radical (unpaired) electrons. The van der Waals surface area contributed by atoms with Crippen LogP contribution in [-0.2, 0) is 25.5 Å². The van der Waals surface area contributed by atoms with E-state index >= 15 is 0 Å². The third-order valence-corrected chi connectivity index (χ3v) is 5.22. The van der Waals surface area contributed by atoms with E-state index in [1.54, 1.807) is 24.3 Å². The predicted molar refractivity (Wildman–Crippen MR) is 121 cm³/mol. The molecule has 1 unspecified atom stereocenters. The van der Waals surface area contributed by atoms with E-state index in [-0.39, 0.29) is 36.7 Å². The lowest BCUT2D eigenvalue weighted by atomic mass is 10.1. The molecule has 0 aliphatic carbocycles. The van der Waals surface area contributed by atoms with Gasteiger partial charge in [0.15, 0.2) is 0 Å². The second-order valence-corrected chi connectivity index (χ2v) is 7.78. The SMILES string of the molecule is O=C(CCC(=O)OCCCc1ccccc1)Nc1ccc(C(=O)NCC2CCCO2)cc1. The van der Waals surface area contributed by atoms with Gasteiger partial charge in [-0.3, -0.25) is 14.4 Å². The van der Waals surface area contributed by atoms with Crippen molar-refractivity contribution in [2.45, 2.75) is 44.6 Å². The summed E-state index contributed by atoms with van der Waals surface area (Å²) in [5.41, 5.74) is 2.29. The molecule has 0 aromatic heterocycles. The average molecular weight is 439 g/mol. The molecule has 2 N–H and O–H groups in total. The van der Waals surface area contributed by atoms with Gasteiger partial charge in [-0.25, -0.2) is 0 Å². The van der Waals surface area contributed by atoms with Gasteiger partial charge in [-0.1, -0.05) is 30.3 Å². The van der Waals surface area contributed by atoms with Crippen molar-refractivity contribution >= 4 is 23.5 Å². The maximum absolute atomic E-state index is 12.2. The molecule has 1 heterocycles. The van der Waals surface area contributed by atoms with Gasteiger partial charge in [-0.15, -0.1) is 0 Å². The van der Waals surface area contributed by atoms with Gasteiger partial charge in [0.1, 0.15) is 0 Å². The zero-order valence-corrected chi connectivity index (χ0v) is 18.2. The molecule has 1 saturated heterocycles. The van der Waals surface area contributed by atoms with Gasteiger partial charge in [0.2, 0.25) is 5.91 Å². The van der Waals surface area contributed by atoms with Crippen molar-refractivity contribution in [2.24, 2.45) is 0 Å². The highest BCUT2D eigenvalue weighted by molar-refractivity contribution is 5.96. The Bertz CT molecular complexity index is 877. The monoisotopic (exact) mass is 438 g/mol. The molecule has 2 aromatic rings. The van der Waals surface area contributed by atoms with Crippen molar-refractivity contribution in [3.05, 3.63) is 65.7 Å². The zero-order valence-electron chi connectivity index (χ0n) is 18.2. The van der Waals surface area contributed by atoms with Crippen LogP contribution in [0, 0.1) is 0 Å². The zero-order chi connectivity index (χ0) is 22.6. The highest BCUT2D eigenvalue weighted by Gasteiger charge is 2.16. The van der Waals surface area contributed by atoms with E-state index in [1.807, 2.05) is 30.3 Å². The summed E-state index contributed by atoms with van der Waals surface area (Å²) >= 11 is 0. The normalized spacial score (nSPS) is 15.2. The fourth-order valence-corrected chi connectivity index (χ4v) is 3.44. The molecule has 7 heteroatoms. The molecule has 1 aliphatic heterocycles. The summed E-state index contributed by atoms with van der Waals surface area (Å²) in [4.78, 5) is 36.1. The summed E-state index contributed by atoms with van der Waals surface area (Å²) in [6.07, 6.45) is 3.75. The van der Waals surface area contributed by atoms with Gasteiger partial charge >= 0.3 is 5.97 Å². The minimum absolute atomic E-state index is 0.0287. The van der Waals surface area contributed by atoms with E-state index in [0.29, 0.717) is 24.4 Å². The number of hydrogen-bond acceptors (Lipinski definition) is 5. The number of hydrogen-bond donors (Lipinski definition) is 2. The molecule has 0 saturated carbocycles. The number of nitrogens with one attached hydrogen (secondary N) is 2. The largest absolute Gasteiger partial charge is 0.466 e. The number of ether oxygens (including phenoxy) is 2. The molecule has 0 bridgehead atoms. The molecule has 2 aromatic carbocycles. The Morgan fingerprint density at radius 1 is 1.00 bits per heavy atom. The van der Waals surface area contributed by atoms with E-state index in [2.05, 4.69) is 10.6 Å². The highest BCUT2D eigenvalue weighted by atomic mass is 16.5. The number of amides is 2. The highest BCUT2D eigenvalue weighted by Crippen LogP contribution is 2.13. The molecule has 1 fully saturated rings. The molecule has 0 spiro atoms. The summed E-state index contributed by atoms with van der Waals surface area (Å²) in [6, 6.07) is 16.6. The Morgan fingerprint density at radius 2 is 1.78 bits per heavy atom. The molecule has 32 heavy (non-hydrogen) atoms. The first-order chi connectivity index (χ1) is 15.6. The fourth-order valence-electron chi connectivity index (χ4n) is 3.44. The number of carbonyl (C=O) groups excluding carboxylic acids is 3. The van der Waals surface area contributed by atoms with E-state index in [0.717, 1.165) is 32.3 Å². The van der Waals surface area contributed by atoms with Crippen LogP contribution in [0.3, 0.4) is 0 Å². The number of anilines is 1. The predicted octanol–water partition coefficient (Wildman–Crippen LogP) is 3.49. The fraction of sp³-hybridized carbons (Fsp3) is 0.400. The summed E-state index contributed by atoms with van der Waals surface area (Å²) < 4.78 is 10.7. The molecule has 7 nitrogen and oxygen atoms in total. The third kappa shape index (κ3) is 8.15. The van der Waals surface area contributed by atoms with Crippen LogP contribution in [0.2, 0.25) is 0 Å². The Balaban J connectivity index is 1.30. The summed E-state index contributed by atoms with van der Waals surface area (Å²) in [7, 11) is 0. The van der Waals surface area contributed by atoms with E-state index in [4.69, 9.17) is 9.47 Å². The van der Waals surface area contributed by atoms with Gasteiger partial charge in [0, 0.05) is 30.8 Å². The molecule has 170 valence electrons. The minimum Gasteiger partial charge on any atom is -0.466 e.